The molecule has 0 spiro atoms. The van der Waals surface area contributed by atoms with E-state index < -0.39 is 5.97 Å². The smallest absolute Gasteiger partial charge is 0.304 e. The lowest BCUT2D eigenvalue weighted by Gasteiger charge is -2.21. The first-order valence-electron chi connectivity index (χ1n) is 7.26. The van der Waals surface area contributed by atoms with Gasteiger partial charge in [0.15, 0.2) is 0 Å². The van der Waals surface area contributed by atoms with Crippen LogP contribution in [0.4, 0.5) is 0 Å². The predicted molar refractivity (Wildman–Crippen MR) is 78.0 cm³/mol. The molecule has 5 nitrogen and oxygen atoms in total. The van der Waals surface area contributed by atoms with Crippen LogP contribution in [-0.4, -0.2) is 38.3 Å². The van der Waals surface area contributed by atoms with Crippen molar-refractivity contribution in [3.05, 3.63) is 16.4 Å². The normalized spacial score (nSPS) is 15.0. The van der Waals surface area contributed by atoms with Crippen molar-refractivity contribution >= 4 is 17.6 Å². The molecule has 1 aliphatic rings. The van der Waals surface area contributed by atoms with Gasteiger partial charge in [-0.1, -0.05) is 18.5 Å². The molecule has 1 fully saturated rings. The van der Waals surface area contributed by atoms with Crippen LogP contribution in [0.25, 0.3) is 0 Å². The fourth-order valence-electron chi connectivity index (χ4n) is 2.43. The molecule has 0 unspecified atom stereocenters. The molecule has 112 valence electrons. The van der Waals surface area contributed by atoms with Gasteiger partial charge in [0.2, 0.25) is 0 Å². The van der Waals surface area contributed by atoms with Crippen LogP contribution in [0.15, 0.2) is 0 Å². The molecule has 0 amide bonds. The first-order chi connectivity index (χ1) is 9.56. The summed E-state index contributed by atoms with van der Waals surface area (Å²) in [4.78, 5) is 13.0. The highest BCUT2D eigenvalue weighted by atomic mass is 35.5. The zero-order valence-electron chi connectivity index (χ0n) is 12.1. The lowest BCUT2D eigenvalue weighted by molar-refractivity contribution is -0.137. The van der Waals surface area contributed by atoms with E-state index in [0.717, 1.165) is 42.2 Å². The second-order valence-electron chi connectivity index (χ2n) is 5.22. The zero-order valence-corrected chi connectivity index (χ0v) is 12.9. The number of carbonyl (C=O) groups is 1. The third-order valence-corrected chi connectivity index (χ3v) is 4.16. The number of aryl methyl sites for hydroxylation is 2. The Hall–Kier alpha value is -1.07. The Morgan fingerprint density at radius 3 is 2.70 bits per heavy atom. The number of hydrogen-bond acceptors (Lipinski definition) is 3. The monoisotopic (exact) mass is 299 g/mol. The summed E-state index contributed by atoms with van der Waals surface area (Å²) in [5.74, 6) is -0.750. The van der Waals surface area contributed by atoms with E-state index in [-0.39, 0.29) is 6.42 Å². The van der Waals surface area contributed by atoms with Crippen LogP contribution in [0.5, 0.6) is 0 Å². The van der Waals surface area contributed by atoms with Crippen molar-refractivity contribution in [2.75, 3.05) is 6.54 Å². The van der Waals surface area contributed by atoms with Crippen LogP contribution in [-0.2, 0) is 24.3 Å². The van der Waals surface area contributed by atoms with E-state index in [4.69, 9.17) is 16.7 Å². The van der Waals surface area contributed by atoms with Gasteiger partial charge in [-0.05, 0) is 26.2 Å². The van der Waals surface area contributed by atoms with Crippen LogP contribution in [0.3, 0.4) is 0 Å². The van der Waals surface area contributed by atoms with E-state index in [1.54, 1.807) is 0 Å². The number of aromatic nitrogens is 2. The van der Waals surface area contributed by atoms with Crippen molar-refractivity contribution < 1.29 is 9.90 Å². The lowest BCUT2D eigenvalue weighted by Crippen LogP contribution is -2.29. The molecule has 1 aromatic heterocycles. The number of hydrogen-bond donors (Lipinski definition) is 1. The first-order valence-corrected chi connectivity index (χ1v) is 7.64. The largest absolute Gasteiger partial charge is 0.481 e. The Morgan fingerprint density at radius 1 is 1.50 bits per heavy atom. The molecule has 6 heteroatoms. The standard InChI is InChI=1S/C14H22ClN3O2/c1-3-11-14(15)12(18(4-2)16-11)9-17(10-5-6-10)8-7-13(19)20/h10H,3-9H2,1-2H3,(H,19,20). The highest BCUT2D eigenvalue weighted by Crippen LogP contribution is 2.31. The minimum absolute atomic E-state index is 0.176. The van der Waals surface area contributed by atoms with E-state index in [2.05, 4.69) is 10.00 Å². The molecule has 1 saturated carbocycles. The van der Waals surface area contributed by atoms with Crippen molar-refractivity contribution in [1.82, 2.24) is 14.7 Å². The Kier molecular flexibility index (Phi) is 5.05. The van der Waals surface area contributed by atoms with Crippen molar-refractivity contribution in [3.8, 4) is 0 Å². The third-order valence-electron chi connectivity index (χ3n) is 3.72. The van der Waals surface area contributed by atoms with Gasteiger partial charge >= 0.3 is 5.97 Å². The average molecular weight is 300 g/mol. The molecule has 0 saturated heterocycles. The van der Waals surface area contributed by atoms with Crippen molar-refractivity contribution in [2.45, 2.75) is 58.7 Å². The van der Waals surface area contributed by atoms with Crippen molar-refractivity contribution in [1.29, 1.82) is 0 Å². The van der Waals surface area contributed by atoms with Gasteiger partial charge in [0.25, 0.3) is 0 Å². The van der Waals surface area contributed by atoms with Crippen LogP contribution in [0, 0.1) is 0 Å². The number of carboxylic acids is 1. The maximum atomic E-state index is 10.8. The molecular weight excluding hydrogens is 278 g/mol. The summed E-state index contributed by atoms with van der Waals surface area (Å²) >= 11 is 6.41. The van der Waals surface area contributed by atoms with Crippen LogP contribution in [0.1, 0.15) is 44.5 Å². The summed E-state index contributed by atoms with van der Waals surface area (Å²) in [5.41, 5.74) is 1.95. The van der Waals surface area contributed by atoms with Gasteiger partial charge in [0.05, 0.1) is 22.8 Å². The van der Waals surface area contributed by atoms with Crippen LogP contribution < -0.4 is 0 Å². The Labute approximate surface area is 124 Å². The molecule has 1 aromatic rings. The Balaban J connectivity index is 2.13. The minimum Gasteiger partial charge on any atom is -0.481 e. The predicted octanol–water partition coefficient (Wildman–Crippen LogP) is 2.56. The number of rotatable bonds is 8. The first kappa shape index (κ1) is 15.3. The summed E-state index contributed by atoms with van der Waals surface area (Å²) in [5, 5.41) is 14.1. The third kappa shape index (κ3) is 3.52. The number of aliphatic carboxylic acids is 1. The van der Waals surface area contributed by atoms with E-state index >= 15 is 0 Å². The Bertz CT molecular complexity index is 483. The molecule has 0 aliphatic heterocycles. The number of halogens is 1. The fraction of sp³-hybridized carbons (Fsp3) is 0.714. The molecule has 20 heavy (non-hydrogen) atoms. The molecule has 0 radical (unpaired) electrons. The second kappa shape index (κ2) is 6.59. The van der Waals surface area contributed by atoms with Gasteiger partial charge < -0.3 is 5.11 Å². The van der Waals surface area contributed by atoms with Gasteiger partial charge in [-0.3, -0.25) is 14.4 Å². The molecule has 0 atom stereocenters. The molecule has 1 N–H and O–H groups in total. The summed E-state index contributed by atoms with van der Waals surface area (Å²) in [7, 11) is 0. The van der Waals surface area contributed by atoms with Crippen molar-refractivity contribution in [2.24, 2.45) is 0 Å². The highest BCUT2D eigenvalue weighted by molar-refractivity contribution is 6.31. The van der Waals surface area contributed by atoms with Gasteiger partial charge in [-0.25, -0.2) is 0 Å². The van der Waals surface area contributed by atoms with Gasteiger partial charge in [0, 0.05) is 25.7 Å². The molecule has 0 bridgehead atoms. The topological polar surface area (TPSA) is 58.4 Å². The molecule has 0 aromatic carbocycles. The average Bonchev–Trinajstić information content (AvgIpc) is 3.21. The van der Waals surface area contributed by atoms with Crippen LogP contribution in [0.2, 0.25) is 5.02 Å². The molecule has 1 heterocycles. The maximum absolute atomic E-state index is 10.8. The van der Waals surface area contributed by atoms with Gasteiger partial charge in [0.1, 0.15) is 0 Å². The fourth-order valence-corrected chi connectivity index (χ4v) is 2.76. The van der Waals surface area contributed by atoms with Gasteiger partial charge in [-0.15, -0.1) is 0 Å². The lowest BCUT2D eigenvalue weighted by atomic mass is 10.2. The molecule has 1 aliphatic carbocycles. The second-order valence-corrected chi connectivity index (χ2v) is 5.60. The maximum Gasteiger partial charge on any atom is 0.304 e. The van der Waals surface area contributed by atoms with E-state index in [1.807, 2.05) is 18.5 Å². The summed E-state index contributed by atoms with van der Waals surface area (Å²) in [6.07, 6.45) is 3.29. The zero-order chi connectivity index (χ0) is 14.7. The van der Waals surface area contributed by atoms with Gasteiger partial charge in [-0.2, -0.15) is 5.10 Å². The number of carboxylic acid groups (broad SMARTS) is 1. The quantitative estimate of drug-likeness (QED) is 0.801. The Morgan fingerprint density at radius 2 is 2.20 bits per heavy atom. The number of nitrogens with zero attached hydrogens (tertiary/aromatic N) is 3. The van der Waals surface area contributed by atoms with E-state index in [0.29, 0.717) is 19.1 Å². The molecular formula is C14H22ClN3O2. The minimum atomic E-state index is -0.750. The summed E-state index contributed by atoms with van der Waals surface area (Å²) < 4.78 is 1.94. The van der Waals surface area contributed by atoms with Crippen molar-refractivity contribution in [3.63, 3.8) is 0 Å². The molecule has 2 rings (SSSR count). The van der Waals surface area contributed by atoms with Crippen LogP contribution >= 0.6 is 11.6 Å². The summed E-state index contributed by atoms with van der Waals surface area (Å²) in [6.45, 7) is 6.14. The van der Waals surface area contributed by atoms with E-state index in [1.165, 1.54) is 0 Å². The van der Waals surface area contributed by atoms with E-state index in [9.17, 15) is 4.79 Å². The summed E-state index contributed by atoms with van der Waals surface area (Å²) in [6, 6.07) is 0.510. The highest BCUT2D eigenvalue weighted by Gasteiger charge is 2.30. The SMILES string of the molecule is CCc1nn(CC)c(CN(CCC(=O)O)C2CC2)c1Cl.